The van der Waals surface area contributed by atoms with Crippen molar-refractivity contribution in [1.82, 2.24) is 0 Å². The van der Waals surface area contributed by atoms with Crippen molar-refractivity contribution in [3.63, 3.8) is 0 Å². The van der Waals surface area contributed by atoms with Crippen LogP contribution in [-0.2, 0) is 0 Å². The minimum atomic E-state index is 0.375. The Labute approximate surface area is 118 Å². The summed E-state index contributed by atoms with van der Waals surface area (Å²) in [6, 6.07) is 3.27. The summed E-state index contributed by atoms with van der Waals surface area (Å²) in [7, 11) is 0. The predicted molar refractivity (Wildman–Crippen MR) is 81.6 cm³/mol. The highest BCUT2D eigenvalue weighted by Crippen LogP contribution is 2.09. The van der Waals surface area contributed by atoms with Crippen molar-refractivity contribution in [3.8, 4) is 0 Å². The molecule has 0 aliphatic heterocycles. The molecule has 1 rings (SSSR count). The number of carbonyl (C=O) groups is 1. The van der Waals surface area contributed by atoms with Crippen molar-refractivity contribution in [2.24, 2.45) is 0 Å². The van der Waals surface area contributed by atoms with Gasteiger partial charge in [0.1, 0.15) is 0 Å². The summed E-state index contributed by atoms with van der Waals surface area (Å²) in [5, 5.41) is 0. The van der Waals surface area contributed by atoms with Crippen molar-refractivity contribution in [2.75, 3.05) is 0 Å². The normalized spacial score (nSPS) is 9.79. The number of rotatable bonds is 10. The molecule has 0 aliphatic rings. The van der Waals surface area contributed by atoms with Crippen LogP contribution in [0.5, 0.6) is 0 Å². The molecule has 0 fully saturated rings. The maximum Gasteiger partial charge on any atom is 0.185 e. The summed E-state index contributed by atoms with van der Waals surface area (Å²) in [4.78, 5) is 9.77. The van der Waals surface area contributed by atoms with Gasteiger partial charge in [0.15, 0.2) is 12.0 Å². The van der Waals surface area contributed by atoms with Crippen LogP contribution < -0.4 is 0 Å². The Kier molecular flexibility index (Phi) is 14.2. The fourth-order valence-corrected chi connectivity index (χ4v) is 1.92. The molecule has 0 atom stereocenters. The zero-order valence-corrected chi connectivity index (χ0v) is 12.7. The molecular formula is C17H30O2. The highest BCUT2D eigenvalue weighted by atomic mass is 16.3. The van der Waals surface area contributed by atoms with E-state index in [1.54, 1.807) is 12.1 Å². The van der Waals surface area contributed by atoms with Crippen LogP contribution in [0.3, 0.4) is 0 Å². The first-order valence-corrected chi connectivity index (χ1v) is 7.83. The van der Waals surface area contributed by atoms with Crippen LogP contribution in [0.25, 0.3) is 0 Å². The minimum Gasteiger partial charge on any atom is -0.462 e. The fraction of sp³-hybridized carbons (Fsp3) is 0.706. The summed E-state index contributed by atoms with van der Waals surface area (Å²) in [5.41, 5.74) is 0. The van der Waals surface area contributed by atoms with Gasteiger partial charge in [-0.15, -0.1) is 0 Å². The lowest BCUT2D eigenvalue weighted by Crippen LogP contribution is -1.80. The molecule has 0 saturated heterocycles. The second-order valence-corrected chi connectivity index (χ2v) is 4.96. The van der Waals surface area contributed by atoms with Gasteiger partial charge >= 0.3 is 0 Å². The molecular weight excluding hydrogens is 236 g/mol. The largest absolute Gasteiger partial charge is 0.462 e. The number of furan rings is 1. The third-order valence-electron chi connectivity index (χ3n) is 3.12. The Morgan fingerprint density at radius 3 is 1.63 bits per heavy atom. The summed E-state index contributed by atoms with van der Waals surface area (Å²) in [5.74, 6) is 0.375. The van der Waals surface area contributed by atoms with Crippen LogP contribution in [0.4, 0.5) is 0 Å². The highest BCUT2D eigenvalue weighted by Gasteiger charge is 1.90. The predicted octanol–water partition coefficient (Wildman–Crippen LogP) is 6.02. The maximum absolute atomic E-state index is 9.77. The van der Waals surface area contributed by atoms with E-state index in [1.807, 2.05) is 0 Å². The molecule has 110 valence electrons. The molecule has 0 aromatic carbocycles. The Morgan fingerprint density at radius 2 is 1.37 bits per heavy atom. The topological polar surface area (TPSA) is 30.2 Å². The number of carbonyl (C=O) groups excluding carboxylic acids is 1. The van der Waals surface area contributed by atoms with Crippen LogP contribution in [0.15, 0.2) is 22.8 Å². The molecule has 1 aromatic heterocycles. The molecule has 0 unspecified atom stereocenters. The van der Waals surface area contributed by atoms with E-state index >= 15 is 0 Å². The van der Waals surface area contributed by atoms with Gasteiger partial charge in [-0.3, -0.25) is 4.79 Å². The van der Waals surface area contributed by atoms with Crippen LogP contribution in [0.2, 0.25) is 0 Å². The molecule has 0 radical (unpaired) electrons. The van der Waals surface area contributed by atoms with Gasteiger partial charge in [0.05, 0.1) is 6.26 Å². The lowest BCUT2D eigenvalue weighted by molar-refractivity contribution is 0.110. The van der Waals surface area contributed by atoms with E-state index < -0.39 is 0 Å². The first kappa shape index (κ1) is 17.9. The Hall–Kier alpha value is -1.05. The van der Waals surface area contributed by atoms with Gasteiger partial charge < -0.3 is 4.42 Å². The first-order chi connectivity index (χ1) is 9.35. The van der Waals surface area contributed by atoms with Crippen molar-refractivity contribution < 1.29 is 9.21 Å². The highest BCUT2D eigenvalue weighted by molar-refractivity contribution is 5.69. The standard InChI is InChI=1S/C12H26.C5H4O2/c1-3-5-7-9-11-12-10-8-6-4-2;6-4-5-2-1-3-7-5/h3-12H2,1-2H3;1-4H. The molecule has 19 heavy (non-hydrogen) atoms. The Balaban J connectivity index is 0.000000388. The maximum atomic E-state index is 9.77. The smallest absolute Gasteiger partial charge is 0.185 e. The third kappa shape index (κ3) is 13.2. The summed E-state index contributed by atoms with van der Waals surface area (Å²) in [6.07, 6.45) is 16.6. The molecule has 1 heterocycles. The van der Waals surface area contributed by atoms with Crippen LogP contribution >= 0.6 is 0 Å². The molecule has 2 heteroatoms. The van der Waals surface area contributed by atoms with Gasteiger partial charge in [-0.2, -0.15) is 0 Å². The van der Waals surface area contributed by atoms with E-state index in [9.17, 15) is 4.79 Å². The Morgan fingerprint density at radius 1 is 0.895 bits per heavy atom. The fourth-order valence-electron chi connectivity index (χ4n) is 1.92. The number of unbranched alkanes of at least 4 members (excludes halogenated alkanes) is 9. The van der Waals surface area contributed by atoms with Crippen molar-refractivity contribution in [3.05, 3.63) is 24.2 Å². The van der Waals surface area contributed by atoms with Crippen molar-refractivity contribution in [1.29, 1.82) is 0 Å². The molecule has 0 spiro atoms. The molecule has 0 N–H and O–H groups in total. The SMILES string of the molecule is CCCCCCCCCCCC.O=Cc1ccco1. The van der Waals surface area contributed by atoms with E-state index in [1.165, 1.54) is 70.5 Å². The summed E-state index contributed by atoms with van der Waals surface area (Å²) < 4.78 is 4.61. The van der Waals surface area contributed by atoms with Crippen molar-refractivity contribution in [2.45, 2.75) is 78.1 Å². The van der Waals surface area contributed by atoms with Crippen LogP contribution in [0.1, 0.15) is 88.6 Å². The van der Waals surface area contributed by atoms with E-state index in [-0.39, 0.29) is 0 Å². The first-order valence-electron chi connectivity index (χ1n) is 7.83. The second-order valence-electron chi connectivity index (χ2n) is 4.96. The zero-order valence-electron chi connectivity index (χ0n) is 12.7. The average molecular weight is 266 g/mol. The van der Waals surface area contributed by atoms with Gasteiger partial charge in [-0.1, -0.05) is 78.1 Å². The lowest BCUT2D eigenvalue weighted by Gasteiger charge is -1.99. The molecule has 0 aliphatic carbocycles. The van der Waals surface area contributed by atoms with Crippen LogP contribution in [-0.4, -0.2) is 6.29 Å². The number of hydrogen-bond acceptors (Lipinski definition) is 2. The summed E-state index contributed by atoms with van der Waals surface area (Å²) >= 11 is 0. The second kappa shape index (κ2) is 15.0. The van der Waals surface area contributed by atoms with Gasteiger partial charge in [-0.25, -0.2) is 0 Å². The molecule has 1 aromatic rings. The number of aldehydes is 1. The van der Waals surface area contributed by atoms with E-state index in [2.05, 4.69) is 18.3 Å². The van der Waals surface area contributed by atoms with Gasteiger partial charge in [0, 0.05) is 0 Å². The number of hydrogen-bond donors (Lipinski definition) is 0. The zero-order chi connectivity index (χ0) is 14.2. The van der Waals surface area contributed by atoms with Gasteiger partial charge in [-0.05, 0) is 12.1 Å². The molecule has 0 bridgehead atoms. The molecule has 0 amide bonds. The summed E-state index contributed by atoms with van der Waals surface area (Å²) in [6.45, 7) is 4.56. The van der Waals surface area contributed by atoms with Crippen LogP contribution in [0, 0.1) is 0 Å². The van der Waals surface area contributed by atoms with E-state index in [0.717, 1.165) is 0 Å². The third-order valence-corrected chi connectivity index (χ3v) is 3.12. The van der Waals surface area contributed by atoms with E-state index in [4.69, 9.17) is 0 Å². The van der Waals surface area contributed by atoms with E-state index in [0.29, 0.717) is 12.0 Å². The minimum absolute atomic E-state index is 0.375. The lowest BCUT2D eigenvalue weighted by atomic mass is 10.1. The Bertz CT molecular complexity index is 255. The average Bonchev–Trinajstić information content (AvgIpc) is 2.96. The monoisotopic (exact) mass is 266 g/mol. The molecule has 2 nitrogen and oxygen atoms in total. The quantitative estimate of drug-likeness (QED) is 0.383. The van der Waals surface area contributed by atoms with Gasteiger partial charge in [0.2, 0.25) is 0 Å². The van der Waals surface area contributed by atoms with Gasteiger partial charge in [0.25, 0.3) is 0 Å². The van der Waals surface area contributed by atoms with Crippen molar-refractivity contribution >= 4 is 6.29 Å². The molecule has 0 saturated carbocycles.